The molecule has 0 saturated heterocycles. The molecule has 55 heavy (non-hydrogen) atoms. The number of rotatable bonds is 9. The molecule has 2 aliphatic rings. The van der Waals surface area contributed by atoms with E-state index in [9.17, 15) is 0 Å². The third kappa shape index (κ3) is 7.56. The highest BCUT2D eigenvalue weighted by Crippen LogP contribution is 2.50. The summed E-state index contributed by atoms with van der Waals surface area (Å²) < 4.78 is 0. The Hall–Kier alpha value is -5.60. The highest BCUT2D eigenvalue weighted by Gasteiger charge is 2.39. The highest BCUT2D eigenvalue weighted by molar-refractivity contribution is 5.77. The third-order valence-corrected chi connectivity index (χ3v) is 12.5. The van der Waals surface area contributed by atoms with Crippen molar-refractivity contribution in [1.29, 1.82) is 0 Å². The van der Waals surface area contributed by atoms with Gasteiger partial charge in [0.25, 0.3) is 0 Å². The zero-order valence-corrected chi connectivity index (χ0v) is 33.2. The second-order valence-corrected chi connectivity index (χ2v) is 16.2. The molecule has 0 radical (unpaired) electrons. The van der Waals surface area contributed by atoms with Gasteiger partial charge in [-0.2, -0.15) is 0 Å². The van der Waals surface area contributed by atoms with Gasteiger partial charge in [0, 0.05) is 39.5 Å². The van der Waals surface area contributed by atoms with Crippen molar-refractivity contribution in [2.24, 2.45) is 5.92 Å². The van der Waals surface area contributed by atoms with E-state index in [4.69, 9.17) is 0 Å². The van der Waals surface area contributed by atoms with Crippen molar-refractivity contribution >= 4 is 28.4 Å². The van der Waals surface area contributed by atoms with Crippen molar-refractivity contribution in [3.63, 3.8) is 0 Å². The Morgan fingerprint density at radius 2 is 0.855 bits per heavy atom. The van der Waals surface area contributed by atoms with E-state index in [1.54, 1.807) is 0 Å². The van der Waals surface area contributed by atoms with Crippen LogP contribution in [0.5, 0.6) is 0 Å². The summed E-state index contributed by atoms with van der Waals surface area (Å²) in [5, 5.41) is 0. The largest absolute Gasteiger partial charge is 0.314 e. The first-order valence-electron chi connectivity index (χ1n) is 20.2. The second-order valence-electron chi connectivity index (χ2n) is 16.2. The summed E-state index contributed by atoms with van der Waals surface area (Å²) in [6.07, 6.45) is 10.2. The van der Waals surface area contributed by atoms with Crippen LogP contribution in [0.3, 0.4) is 0 Å². The monoisotopic (exact) mass is 718 g/mol. The Balaban J connectivity index is 1.18. The Bertz CT molecular complexity index is 2210. The molecule has 1 unspecified atom stereocenters. The van der Waals surface area contributed by atoms with Crippen LogP contribution in [0, 0.1) is 26.7 Å². The van der Waals surface area contributed by atoms with Gasteiger partial charge < -0.3 is 9.80 Å². The molecule has 1 fully saturated rings. The summed E-state index contributed by atoms with van der Waals surface area (Å²) in [5.41, 5.74) is 16.8. The molecule has 6 aromatic rings. The molecule has 8 rings (SSSR count). The fraction of sp³-hybridized carbons (Fsp3) is 0.245. The van der Waals surface area contributed by atoms with Gasteiger partial charge in [0.1, 0.15) is 0 Å². The Kier molecular flexibility index (Phi) is 10.3. The third-order valence-electron chi connectivity index (χ3n) is 12.5. The normalized spacial score (nSPS) is 19.7. The lowest BCUT2D eigenvalue weighted by Gasteiger charge is -2.42. The number of aryl methyl sites for hydroxylation is 3. The van der Waals surface area contributed by atoms with E-state index in [1.165, 1.54) is 85.9 Å². The van der Waals surface area contributed by atoms with Crippen LogP contribution in [0.25, 0.3) is 0 Å². The molecule has 0 N–H and O–H groups in total. The van der Waals surface area contributed by atoms with E-state index in [0.29, 0.717) is 11.8 Å². The predicted octanol–water partition coefficient (Wildman–Crippen LogP) is 14.7. The zero-order chi connectivity index (χ0) is 37.9. The molecule has 1 saturated carbocycles. The minimum absolute atomic E-state index is 0.0753. The van der Waals surface area contributed by atoms with Gasteiger partial charge in [0.05, 0.1) is 0 Å². The molecule has 2 nitrogen and oxygen atoms in total. The molecule has 2 heteroatoms. The van der Waals surface area contributed by atoms with Crippen LogP contribution in [-0.2, 0) is 5.41 Å². The van der Waals surface area contributed by atoms with Crippen LogP contribution in [-0.4, -0.2) is 0 Å². The van der Waals surface area contributed by atoms with Gasteiger partial charge in [0.15, 0.2) is 0 Å². The summed E-state index contributed by atoms with van der Waals surface area (Å²) >= 11 is 0. The summed E-state index contributed by atoms with van der Waals surface area (Å²) in [6.45, 7) is 11.1. The molecule has 0 amide bonds. The van der Waals surface area contributed by atoms with E-state index < -0.39 is 0 Å². The van der Waals surface area contributed by atoms with Crippen LogP contribution in [0.2, 0.25) is 0 Å². The SMILES string of the molecule is CC1=CC=C(N(c2ccc(C)cc2)c2ccc(C3(c4ccc(N(c5ccc(C)cc5)c5ccc(C)cc5)cc4)CCC(c4ccccc4)CC3)cc2)CC1C. The van der Waals surface area contributed by atoms with Crippen LogP contribution in [0.15, 0.2) is 175 Å². The molecule has 0 aromatic heterocycles. The lowest BCUT2D eigenvalue weighted by atomic mass is 9.62. The molecule has 2 aliphatic carbocycles. The lowest BCUT2D eigenvalue weighted by molar-refractivity contribution is 0.315. The van der Waals surface area contributed by atoms with Crippen molar-refractivity contribution in [2.75, 3.05) is 9.80 Å². The van der Waals surface area contributed by atoms with Crippen molar-refractivity contribution in [2.45, 2.75) is 78.1 Å². The number of allylic oxidation sites excluding steroid dienone is 4. The minimum Gasteiger partial charge on any atom is -0.314 e. The number of hydrogen-bond acceptors (Lipinski definition) is 2. The molecule has 6 aromatic carbocycles. The first-order chi connectivity index (χ1) is 26.8. The molecule has 0 heterocycles. The molecule has 0 bridgehead atoms. The topological polar surface area (TPSA) is 6.48 Å². The Labute approximate surface area is 329 Å². The van der Waals surface area contributed by atoms with E-state index in [0.717, 1.165) is 19.3 Å². The number of nitrogens with zero attached hydrogens (tertiary/aromatic N) is 2. The number of hydrogen-bond donors (Lipinski definition) is 0. The van der Waals surface area contributed by atoms with Crippen LogP contribution in [0.4, 0.5) is 28.4 Å². The fourth-order valence-electron chi connectivity index (χ4n) is 8.88. The van der Waals surface area contributed by atoms with Crippen LogP contribution in [0.1, 0.15) is 85.3 Å². The lowest BCUT2D eigenvalue weighted by Crippen LogP contribution is -2.32. The Morgan fingerprint density at radius 1 is 0.455 bits per heavy atom. The van der Waals surface area contributed by atoms with Gasteiger partial charge in [-0.15, -0.1) is 0 Å². The minimum atomic E-state index is -0.0753. The Morgan fingerprint density at radius 3 is 1.27 bits per heavy atom. The number of benzene rings is 6. The fourth-order valence-corrected chi connectivity index (χ4v) is 8.88. The average molecular weight is 719 g/mol. The summed E-state index contributed by atoms with van der Waals surface area (Å²) in [6, 6.07) is 57.1. The maximum Gasteiger partial charge on any atom is 0.0461 e. The van der Waals surface area contributed by atoms with Crippen molar-refractivity contribution in [3.8, 4) is 0 Å². The predicted molar refractivity (Wildman–Crippen MR) is 234 cm³/mol. The molecule has 0 aliphatic heterocycles. The molecule has 1 atom stereocenters. The zero-order valence-electron chi connectivity index (χ0n) is 33.2. The maximum atomic E-state index is 2.47. The molecule has 276 valence electrons. The van der Waals surface area contributed by atoms with E-state index >= 15 is 0 Å². The van der Waals surface area contributed by atoms with E-state index in [2.05, 4.69) is 208 Å². The summed E-state index contributed by atoms with van der Waals surface area (Å²) in [5.74, 6) is 1.10. The van der Waals surface area contributed by atoms with Gasteiger partial charge >= 0.3 is 0 Å². The number of anilines is 5. The quantitative estimate of drug-likeness (QED) is 0.147. The first-order valence-corrected chi connectivity index (χ1v) is 20.2. The average Bonchev–Trinajstić information content (AvgIpc) is 3.22. The van der Waals surface area contributed by atoms with Crippen molar-refractivity contribution in [3.05, 3.63) is 208 Å². The van der Waals surface area contributed by atoms with E-state index in [1.807, 2.05) is 0 Å². The van der Waals surface area contributed by atoms with Gasteiger partial charge in [-0.25, -0.2) is 0 Å². The smallest absolute Gasteiger partial charge is 0.0461 e. The van der Waals surface area contributed by atoms with Crippen LogP contribution < -0.4 is 9.80 Å². The summed E-state index contributed by atoms with van der Waals surface area (Å²) in [7, 11) is 0. The van der Waals surface area contributed by atoms with Gasteiger partial charge in [0.2, 0.25) is 0 Å². The van der Waals surface area contributed by atoms with Gasteiger partial charge in [-0.05, 0) is 155 Å². The maximum absolute atomic E-state index is 2.47. The van der Waals surface area contributed by atoms with Gasteiger partial charge in [-0.3, -0.25) is 0 Å². The van der Waals surface area contributed by atoms with Crippen LogP contribution >= 0.6 is 0 Å². The van der Waals surface area contributed by atoms with E-state index in [-0.39, 0.29) is 5.41 Å². The first kappa shape index (κ1) is 36.4. The molecule has 0 spiro atoms. The van der Waals surface area contributed by atoms with Crippen molar-refractivity contribution in [1.82, 2.24) is 0 Å². The van der Waals surface area contributed by atoms with Crippen molar-refractivity contribution < 1.29 is 0 Å². The second kappa shape index (κ2) is 15.6. The molecular weight excluding hydrogens is 665 g/mol. The highest BCUT2D eigenvalue weighted by atomic mass is 15.2. The van der Waals surface area contributed by atoms with Gasteiger partial charge in [-0.1, -0.05) is 126 Å². The standard InChI is InChI=1S/C53H54N2/c1-38-11-22-47(23-12-38)54(48-24-13-39(2)14-25-48)50-29-18-45(19-30-50)53(35-33-44(34-36-53)43-9-7-6-8-10-43)46-20-31-51(32-21-46)55(49-26-15-40(3)16-27-49)52-28-17-41(4)42(5)37-52/h6-32,42,44H,33-37H2,1-5H3. The molecular formula is C53H54N2. The summed E-state index contributed by atoms with van der Waals surface area (Å²) in [4.78, 5) is 4.86.